The van der Waals surface area contributed by atoms with Crippen molar-refractivity contribution in [2.45, 2.75) is 92.4 Å². The Hall–Kier alpha value is -2.33. The van der Waals surface area contributed by atoms with Gasteiger partial charge in [-0.2, -0.15) is 39.5 Å². The van der Waals surface area contributed by atoms with E-state index >= 15 is 0 Å². The molecule has 0 saturated carbocycles. The third kappa shape index (κ3) is 8.62. The van der Waals surface area contributed by atoms with Gasteiger partial charge in [-0.25, -0.2) is 16.8 Å². The molecule has 0 heterocycles. The van der Waals surface area contributed by atoms with E-state index in [0.29, 0.717) is 18.4 Å². The monoisotopic (exact) mass is 655 g/mol. The van der Waals surface area contributed by atoms with Crippen molar-refractivity contribution < 1.29 is 56.3 Å². The molecule has 0 unspecified atom stereocenters. The van der Waals surface area contributed by atoms with Gasteiger partial charge in [-0.05, 0) is 48.9 Å². The fourth-order valence-electron chi connectivity index (χ4n) is 3.97. The van der Waals surface area contributed by atoms with E-state index in [9.17, 15) is 56.3 Å². The number of hydrogen-bond acceptors (Lipinski definition) is 4. The number of sulfonamides is 2. The highest BCUT2D eigenvalue weighted by atomic mass is 32.3. The Balaban J connectivity index is 1.83. The van der Waals surface area contributed by atoms with Crippen molar-refractivity contribution in [3.05, 3.63) is 65.7 Å². The van der Waals surface area contributed by atoms with Crippen LogP contribution in [0.2, 0.25) is 0 Å². The van der Waals surface area contributed by atoms with Crippen LogP contribution in [0.1, 0.15) is 62.5 Å². The second-order valence-corrected chi connectivity index (χ2v) is 13.4. The molecule has 0 bridgehead atoms. The van der Waals surface area contributed by atoms with Crippen LogP contribution in [0.4, 0.5) is 39.5 Å². The molecule has 0 amide bonds. The molecule has 0 aliphatic carbocycles. The number of nitrogens with one attached hydrogen (secondary N) is 1. The molecule has 1 N–H and O–H groups in total. The predicted molar refractivity (Wildman–Crippen MR) is 137 cm³/mol. The molecular weight excluding hydrogens is 625 g/mol. The summed E-state index contributed by atoms with van der Waals surface area (Å²) < 4.78 is 165. The van der Waals surface area contributed by atoms with Gasteiger partial charge in [-0.1, -0.05) is 85.1 Å². The highest BCUT2D eigenvalue weighted by Gasteiger charge is 2.85. The summed E-state index contributed by atoms with van der Waals surface area (Å²) in [5.74, 6) is -15.1. The minimum atomic E-state index is -7.55. The van der Waals surface area contributed by atoms with Gasteiger partial charge < -0.3 is 0 Å². The first-order chi connectivity index (χ1) is 19.3. The van der Waals surface area contributed by atoms with Gasteiger partial charge in [-0.15, -0.1) is 0 Å². The Morgan fingerprint density at radius 3 is 1.36 bits per heavy atom. The maximum atomic E-state index is 13.8. The molecule has 5 nitrogen and oxygen atoms in total. The maximum Gasteiger partial charge on any atom is 0.460 e. The minimum absolute atomic E-state index is 0.145. The van der Waals surface area contributed by atoms with Gasteiger partial charge in [0.05, 0.1) is 4.90 Å². The third-order valence-corrected chi connectivity index (χ3v) is 10.0. The number of hydrogen-bond donors (Lipinski definition) is 1. The van der Waals surface area contributed by atoms with Gasteiger partial charge in [0.2, 0.25) is 0 Å². The van der Waals surface area contributed by atoms with E-state index < -0.39 is 48.2 Å². The first-order valence-corrected chi connectivity index (χ1v) is 15.8. The third-order valence-electron chi connectivity index (χ3n) is 6.43. The van der Waals surface area contributed by atoms with Crippen LogP contribution in [0.3, 0.4) is 0 Å². The topological polar surface area (TPSA) is 80.3 Å². The Morgan fingerprint density at radius 2 is 0.929 bits per heavy atom. The molecule has 16 heteroatoms. The summed E-state index contributed by atoms with van der Waals surface area (Å²) in [4.78, 5) is -1.02. The van der Waals surface area contributed by atoms with E-state index in [1.807, 2.05) is 18.2 Å². The molecular formula is C26H30F9NO4S2. The van der Waals surface area contributed by atoms with E-state index in [4.69, 9.17) is 0 Å². The van der Waals surface area contributed by atoms with E-state index in [0.717, 1.165) is 63.5 Å². The number of halogens is 9. The molecule has 0 aromatic heterocycles. The lowest BCUT2D eigenvalue weighted by Crippen LogP contribution is -2.65. The number of rotatable bonds is 17. The first-order valence-electron chi connectivity index (χ1n) is 12.9. The highest BCUT2D eigenvalue weighted by molar-refractivity contribution is 8.05. The highest BCUT2D eigenvalue weighted by Crippen LogP contribution is 2.54. The second kappa shape index (κ2) is 14.0. The summed E-state index contributed by atoms with van der Waals surface area (Å²) in [7, 11) is -12.9. The molecule has 0 atom stereocenters. The Labute approximate surface area is 238 Å². The van der Waals surface area contributed by atoms with Gasteiger partial charge in [0.25, 0.3) is 20.0 Å². The Morgan fingerprint density at radius 1 is 0.524 bits per heavy atom. The molecule has 0 aliphatic heterocycles. The van der Waals surface area contributed by atoms with Crippen molar-refractivity contribution in [3.8, 4) is 0 Å². The van der Waals surface area contributed by atoms with Gasteiger partial charge >= 0.3 is 23.3 Å². The zero-order valence-electron chi connectivity index (χ0n) is 22.1. The van der Waals surface area contributed by atoms with E-state index in [-0.39, 0.29) is 4.13 Å². The molecule has 0 radical (unpaired) electrons. The molecule has 42 heavy (non-hydrogen) atoms. The average molecular weight is 656 g/mol. The zero-order chi connectivity index (χ0) is 31.9. The molecule has 2 rings (SSSR count). The molecule has 2 aromatic carbocycles. The lowest BCUT2D eigenvalue weighted by molar-refractivity contribution is -0.382. The van der Waals surface area contributed by atoms with Crippen LogP contribution in [0, 0.1) is 0 Å². The van der Waals surface area contributed by atoms with Crippen LogP contribution < -0.4 is 4.13 Å². The number of benzene rings is 2. The van der Waals surface area contributed by atoms with Crippen molar-refractivity contribution in [1.29, 1.82) is 0 Å². The van der Waals surface area contributed by atoms with Crippen LogP contribution in [0.25, 0.3) is 0 Å². The smallest absolute Gasteiger partial charge is 0.206 e. The second-order valence-electron chi connectivity index (χ2n) is 9.71. The fourth-order valence-corrected chi connectivity index (χ4v) is 6.89. The predicted octanol–water partition coefficient (Wildman–Crippen LogP) is 7.63. The molecule has 0 aliphatic rings. The van der Waals surface area contributed by atoms with Crippen LogP contribution in [0.15, 0.2) is 59.5 Å². The zero-order valence-corrected chi connectivity index (χ0v) is 23.8. The molecule has 2 aromatic rings. The number of unbranched alkanes of at least 4 members (excludes halogenated alkanes) is 7. The lowest BCUT2D eigenvalue weighted by atomic mass is 10.0. The van der Waals surface area contributed by atoms with Crippen LogP contribution in [-0.2, 0) is 32.9 Å². The van der Waals surface area contributed by atoms with Gasteiger partial charge in [0.1, 0.15) is 0 Å². The largest absolute Gasteiger partial charge is 0.460 e. The fraction of sp³-hybridized carbons (Fsp3) is 0.538. The molecule has 238 valence electrons. The summed E-state index contributed by atoms with van der Waals surface area (Å²) >= 11 is 0. The Bertz CT molecular complexity index is 1350. The maximum absolute atomic E-state index is 13.8. The van der Waals surface area contributed by atoms with Gasteiger partial charge in [0.15, 0.2) is 0 Å². The Kier molecular flexibility index (Phi) is 11.9. The van der Waals surface area contributed by atoms with Gasteiger partial charge in [0, 0.05) is 0 Å². The SMILES string of the molecule is O=S(=O)(NS(=O)(=O)C(F)(F)C(F)(F)C(F)(F)C(F)(F)F)c1ccc(CCCCCCCCCCc2ccccc2)cc1. The van der Waals surface area contributed by atoms with Crippen LogP contribution in [0.5, 0.6) is 0 Å². The first kappa shape index (κ1) is 35.9. The van der Waals surface area contributed by atoms with Gasteiger partial charge in [-0.3, -0.25) is 0 Å². The van der Waals surface area contributed by atoms with Crippen LogP contribution in [-0.4, -0.2) is 40.1 Å². The van der Waals surface area contributed by atoms with Crippen molar-refractivity contribution in [2.75, 3.05) is 0 Å². The molecule has 0 spiro atoms. The normalized spacial score (nSPS) is 13.8. The van der Waals surface area contributed by atoms with Crippen molar-refractivity contribution in [3.63, 3.8) is 0 Å². The van der Waals surface area contributed by atoms with E-state index in [2.05, 4.69) is 12.1 Å². The van der Waals surface area contributed by atoms with Crippen molar-refractivity contribution >= 4 is 20.0 Å². The number of aryl methyl sites for hydroxylation is 2. The van der Waals surface area contributed by atoms with E-state index in [1.165, 1.54) is 17.7 Å². The number of alkyl halides is 9. The standard InChI is InChI=1S/C26H30F9NO4S2/c27-23(28,25(31,32)33)24(29,30)26(34,35)42(39,40)36-41(37,38)22-18-16-21(17-19-22)15-9-6-4-2-1-3-5-8-12-20-13-10-7-11-14-20/h7,10-11,13-14,16-19,36H,1-6,8-9,12,15H2. The van der Waals surface area contributed by atoms with Crippen molar-refractivity contribution in [1.82, 2.24) is 4.13 Å². The average Bonchev–Trinajstić information content (AvgIpc) is 2.89. The summed E-state index contributed by atoms with van der Waals surface area (Å²) in [5, 5.41) is -7.17. The lowest BCUT2D eigenvalue weighted by Gasteiger charge is -2.32. The molecule has 0 saturated heterocycles. The molecule has 0 fully saturated rings. The quantitative estimate of drug-likeness (QED) is 0.141. The minimum Gasteiger partial charge on any atom is -0.206 e. The summed E-state index contributed by atoms with van der Waals surface area (Å²) in [6, 6.07) is 14.1. The van der Waals surface area contributed by atoms with Crippen molar-refractivity contribution in [2.24, 2.45) is 0 Å². The van der Waals surface area contributed by atoms with E-state index in [1.54, 1.807) is 0 Å². The summed E-state index contributed by atoms with van der Waals surface area (Å²) in [5.41, 5.74) is 1.88. The summed E-state index contributed by atoms with van der Waals surface area (Å²) in [6.07, 6.45) is 2.22. The summed E-state index contributed by atoms with van der Waals surface area (Å²) in [6.45, 7) is 0. The van der Waals surface area contributed by atoms with Crippen LogP contribution >= 0.6 is 0 Å².